The number of carbonyl (C=O) groups excluding carboxylic acids is 1. The summed E-state index contributed by atoms with van der Waals surface area (Å²) in [6.07, 6.45) is 1.66. The number of hydrogen-bond donors (Lipinski definition) is 2. The van der Waals surface area contributed by atoms with E-state index in [9.17, 15) is 4.79 Å². The summed E-state index contributed by atoms with van der Waals surface area (Å²) >= 11 is 6.12. The molecule has 0 atom stereocenters. The summed E-state index contributed by atoms with van der Waals surface area (Å²) < 4.78 is 0. The molecule has 0 aliphatic carbocycles. The maximum atomic E-state index is 12.1. The number of amides is 1. The highest BCUT2D eigenvalue weighted by Crippen LogP contribution is 2.23. The van der Waals surface area contributed by atoms with Crippen LogP contribution in [0.4, 0.5) is 17.2 Å². The van der Waals surface area contributed by atoms with Crippen LogP contribution in [0.25, 0.3) is 0 Å². The molecule has 0 saturated carbocycles. The van der Waals surface area contributed by atoms with Gasteiger partial charge in [-0.05, 0) is 48.9 Å². The van der Waals surface area contributed by atoms with E-state index in [1.165, 1.54) is 0 Å². The SMILES string of the molecule is Cc1ccc(Nc2ccc(NC(=O)c3ccccc3)nc2)cc1Cl. The fourth-order valence-electron chi connectivity index (χ4n) is 2.16. The Bertz CT molecular complexity index is 848. The van der Waals surface area contributed by atoms with Gasteiger partial charge in [-0.2, -0.15) is 0 Å². The van der Waals surface area contributed by atoms with Gasteiger partial charge in [-0.1, -0.05) is 35.9 Å². The number of halogens is 1. The molecule has 2 N–H and O–H groups in total. The number of carbonyl (C=O) groups is 1. The predicted octanol–water partition coefficient (Wildman–Crippen LogP) is 5.04. The zero-order valence-corrected chi connectivity index (χ0v) is 13.8. The molecule has 0 bridgehead atoms. The normalized spacial score (nSPS) is 10.2. The summed E-state index contributed by atoms with van der Waals surface area (Å²) in [6, 6.07) is 18.4. The molecular formula is C19H16ClN3O. The van der Waals surface area contributed by atoms with E-state index >= 15 is 0 Å². The molecule has 0 aliphatic rings. The maximum absolute atomic E-state index is 12.1. The van der Waals surface area contributed by atoms with Crippen LogP contribution in [0, 0.1) is 6.92 Å². The van der Waals surface area contributed by atoms with Crippen molar-refractivity contribution in [2.75, 3.05) is 10.6 Å². The first kappa shape index (κ1) is 16.0. The number of aromatic nitrogens is 1. The zero-order chi connectivity index (χ0) is 16.9. The topological polar surface area (TPSA) is 54.0 Å². The van der Waals surface area contributed by atoms with Crippen LogP contribution in [-0.4, -0.2) is 10.9 Å². The van der Waals surface area contributed by atoms with Crippen LogP contribution in [0.3, 0.4) is 0 Å². The van der Waals surface area contributed by atoms with Gasteiger partial charge in [0.1, 0.15) is 5.82 Å². The second-order valence-corrected chi connectivity index (χ2v) is 5.75. The van der Waals surface area contributed by atoms with E-state index in [1.54, 1.807) is 24.4 Å². The molecule has 0 fully saturated rings. The number of rotatable bonds is 4. The second-order valence-electron chi connectivity index (χ2n) is 5.34. The predicted molar refractivity (Wildman–Crippen MR) is 98.1 cm³/mol. The third-order valence-electron chi connectivity index (χ3n) is 3.50. The standard InChI is InChI=1S/C19H16ClN3O/c1-13-7-8-15(11-17(13)20)22-16-9-10-18(21-12-16)23-19(24)14-5-3-2-4-6-14/h2-12,22H,1H3,(H,21,23,24). The molecule has 0 unspecified atom stereocenters. The molecule has 3 rings (SSSR count). The first-order chi connectivity index (χ1) is 11.6. The van der Waals surface area contributed by atoms with Gasteiger partial charge in [0.05, 0.1) is 11.9 Å². The molecule has 0 spiro atoms. The van der Waals surface area contributed by atoms with Crippen LogP contribution >= 0.6 is 11.6 Å². The van der Waals surface area contributed by atoms with Crippen molar-refractivity contribution in [2.24, 2.45) is 0 Å². The molecule has 0 aliphatic heterocycles. The monoisotopic (exact) mass is 337 g/mol. The summed E-state index contributed by atoms with van der Waals surface area (Å²) in [5.74, 6) is 0.311. The first-order valence-electron chi connectivity index (χ1n) is 7.47. The van der Waals surface area contributed by atoms with Gasteiger partial charge >= 0.3 is 0 Å². The van der Waals surface area contributed by atoms with Gasteiger partial charge < -0.3 is 10.6 Å². The van der Waals surface area contributed by atoms with Crippen molar-refractivity contribution in [3.05, 3.63) is 83.0 Å². The van der Waals surface area contributed by atoms with E-state index < -0.39 is 0 Å². The Hall–Kier alpha value is -2.85. The summed E-state index contributed by atoms with van der Waals surface area (Å²) in [5.41, 5.74) is 3.32. The van der Waals surface area contributed by atoms with Gasteiger partial charge in [0, 0.05) is 16.3 Å². The molecule has 4 nitrogen and oxygen atoms in total. The summed E-state index contributed by atoms with van der Waals surface area (Å²) in [5, 5.41) is 6.70. The fraction of sp³-hybridized carbons (Fsp3) is 0.0526. The maximum Gasteiger partial charge on any atom is 0.256 e. The minimum absolute atomic E-state index is 0.186. The smallest absolute Gasteiger partial charge is 0.256 e. The zero-order valence-electron chi connectivity index (χ0n) is 13.1. The Labute approximate surface area is 145 Å². The minimum atomic E-state index is -0.186. The number of hydrogen-bond acceptors (Lipinski definition) is 3. The lowest BCUT2D eigenvalue weighted by molar-refractivity contribution is 0.102. The second kappa shape index (κ2) is 7.15. The minimum Gasteiger partial charge on any atom is -0.354 e. The Morgan fingerprint density at radius 2 is 1.75 bits per heavy atom. The van der Waals surface area contributed by atoms with Crippen molar-refractivity contribution < 1.29 is 4.79 Å². The molecule has 120 valence electrons. The molecule has 1 heterocycles. The Morgan fingerprint density at radius 3 is 2.42 bits per heavy atom. The van der Waals surface area contributed by atoms with Gasteiger partial charge in [-0.15, -0.1) is 0 Å². The number of anilines is 3. The molecular weight excluding hydrogens is 322 g/mol. The molecule has 24 heavy (non-hydrogen) atoms. The number of pyridine rings is 1. The van der Waals surface area contributed by atoms with Crippen LogP contribution in [0.2, 0.25) is 5.02 Å². The number of nitrogens with zero attached hydrogens (tertiary/aromatic N) is 1. The lowest BCUT2D eigenvalue weighted by atomic mass is 10.2. The number of aryl methyl sites for hydroxylation is 1. The molecule has 3 aromatic rings. The van der Waals surface area contributed by atoms with Crippen molar-refractivity contribution in [1.29, 1.82) is 0 Å². The third kappa shape index (κ3) is 3.91. The van der Waals surface area contributed by atoms with Crippen LogP contribution in [0.1, 0.15) is 15.9 Å². The summed E-state index contributed by atoms with van der Waals surface area (Å²) in [7, 11) is 0. The van der Waals surface area contributed by atoms with E-state index in [-0.39, 0.29) is 5.91 Å². The van der Waals surface area contributed by atoms with Gasteiger partial charge in [-0.25, -0.2) is 4.98 Å². The lowest BCUT2D eigenvalue weighted by Crippen LogP contribution is -2.12. The summed E-state index contributed by atoms with van der Waals surface area (Å²) in [4.78, 5) is 16.3. The molecule has 1 aromatic heterocycles. The largest absolute Gasteiger partial charge is 0.354 e. The highest BCUT2D eigenvalue weighted by Gasteiger charge is 2.06. The Kier molecular flexibility index (Phi) is 4.77. The molecule has 1 amide bonds. The average molecular weight is 338 g/mol. The van der Waals surface area contributed by atoms with Crippen LogP contribution in [-0.2, 0) is 0 Å². The van der Waals surface area contributed by atoms with Crippen LogP contribution in [0.5, 0.6) is 0 Å². The van der Waals surface area contributed by atoms with Crippen molar-refractivity contribution in [1.82, 2.24) is 4.98 Å². The molecule has 2 aromatic carbocycles. The molecule has 0 radical (unpaired) electrons. The third-order valence-corrected chi connectivity index (χ3v) is 3.91. The van der Waals surface area contributed by atoms with E-state index in [2.05, 4.69) is 15.6 Å². The van der Waals surface area contributed by atoms with E-state index in [4.69, 9.17) is 11.6 Å². The molecule has 0 saturated heterocycles. The summed E-state index contributed by atoms with van der Waals surface area (Å²) in [6.45, 7) is 1.96. The molecule has 5 heteroatoms. The fourth-order valence-corrected chi connectivity index (χ4v) is 2.34. The average Bonchev–Trinajstić information content (AvgIpc) is 2.61. The van der Waals surface area contributed by atoms with E-state index in [0.29, 0.717) is 16.4 Å². The number of nitrogens with one attached hydrogen (secondary N) is 2. The highest BCUT2D eigenvalue weighted by atomic mass is 35.5. The Morgan fingerprint density at radius 1 is 1.00 bits per heavy atom. The first-order valence-corrected chi connectivity index (χ1v) is 7.85. The van der Waals surface area contributed by atoms with Gasteiger partial charge in [0.15, 0.2) is 0 Å². The van der Waals surface area contributed by atoms with E-state index in [1.807, 2.05) is 49.4 Å². The van der Waals surface area contributed by atoms with Crippen molar-refractivity contribution in [3.63, 3.8) is 0 Å². The quantitative estimate of drug-likeness (QED) is 0.701. The van der Waals surface area contributed by atoms with Crippen molar-refractivity contribution >= 4 is 34.7 Å². The van der Waals surface area contributed by atoms with Crippen LogP contribution < -0.4 is 10.6 Å². The van der Waals surface area contributed by atoms with Crippen LogP contribution in [0.15, 0.2) is 66.9 Å². The van der Waals surface area contributed by atoms with Crippen molar-refractivity contribution in [3.8, 4) is 0 Å². The highest BCUT2D eigenvalue weighted by molar-refractivity contribution is 6.31. The van der Waals surface area contributed by atoms with Gasteiger partial charge in [-0.3, -0.25) is 4.79 Å². The van der Waals surface area contributed by atoms with Gasteiger partial charge in [0.2, 0.25) is 0 Å². The van der Waals surface area contributed by atoms with E-state index in [0.717, 1.165) is 16.9 Å². The lowest BCUT2D eigenvalue weighted by Gasteiger charge is -2.09. The number of benzene rings is 2. The van der Waals surface area contributed by atoms with Gasteiger partial charge in [0.25, 0.3) is 5.91 Å². The van der Waals surface area contributed by atoms with Crippen molar-refractivity contribution in [2.45, 2.75) is 6.92 Å². The Balaban J connectivity index is 1.67.